The Morgan fingerprint density at radius 3 is 2.62 bits per heavy atom. The molecule has 3 N–H and O–H groups in total. The molecular weight excluding hydrogens is 360 g/mol. The molecule has 1 atom stereocenters. The summed E-state index contributed by atoms with van der Waals surface area (Å²) in [5.74, 6) is 1.04. The van der Waals surface area contributed by atoms with Crippen LogP contribution < -0.4 is 16.0 Å². The van der Waals surface area contributed by atoms with Gasteiger partial charge in [0, 0.05) is 30.6 Å². The second-order valence-corrected chi connectivity index (χ2v) is 8.96. The predicted molar refractivity (Wildman–Crippen MR) is 122 cm³/mol. The van der Waals surface area contributed by atoms with Crippen LogP contribution in [0.5, 0.6) is 0 Å². The quantitative estimate of drug-likeness (QED) is 0.693. The number of anilines is 1. The summed E-state index contributed by atoms with van der Waals surface area (Å²) in [7, 11) is 0. The Labute approximate surface area is 175 Å². The molecule has 1 saturated heterocycles. The second kappa shape index (κ2) is 9.57. The number of hydrogen-bond acceptors (Lipinski definition) is 4. The van der Waals surface area contributed by atoms with Gasteiger partial charge < -0.3 is 16.0 Å². The second-order valence-electron chi connectivity index (χ2n) is 8.96. The van der Waals surface area contributed by atoms with Gasteiger partial charge in [0.05, 0.1) is 11.1 Å². The average molecular weight is 397 g/mol. The van der Waals surface area contributed by atoms with Crippen molar-refractivity contribution in [3.8, 4) is 0 Å². The van der Waals surface area contributed by atoms with E-state index in [1.54, 1.807) is 0 Å². The van der Waals surface area contributed by atoms with Crippen LogP contribution in [0.25, 0.3) is 10.9 Å². The molecule has 29 heavy (non-hydrogen) atoms. The van der Waals surface area contributed by atoms with Gasteiger partial charge in [-0.2, -0.15) is 0 Å². The first kappa shape index (κ1) is 21.6. The van der Waals surface area contributed by atoms with Gasteiger partial charge in [0.15, 0.2) is 0 Å². The van der Waals surface area contributed by atoms with Crippen LogP contribution in [0.2, 0.25) is 0 Å². The molecule has 5 nitrogen and oxygen atoms in total. The molecule has 3 rings (SSSR count). The van der Waals surface area contributed by atoms with Crippen LogP contribution in [0.3, 0.4) is 0 Å². The number of benzene rings is 1. The van der Waals surface area contributed by atoms with Crippen molar-refractivity contribution in [3.05, 3.63) is 35.4 Å². The summed E-state index contributed by atoms with van der Waals surface area (Å²) in [4.78, 5) is 19.2. The Morgan fingerprint density at radius 1 is 1.28 bits per heavy atom. The van der Waals surface area contributed by atoms with Crippen molar-refractivity contribution in [1.29, 1.82) is 0 Å². The number of rotatable bonds is 8. The van der Waals surface area contributed by atoms with Crippen LogP contribution in [0.15, 0.2) is 24.3 Å². The largest absolute Gasteiger partial charge is 0.365 e. The first-order valence-corrected chi connectivity index (χ1v) is 11.1. The van der Waals surface area contributed by atoms with Crippen molar-refractivity contribution in [1.82, 2.24) is 10.3 Å². The Hall–Kier alpha value is -2.14. The SMILES string of the molecule is CCCC(CC(C)C)NC1CCN(c2nc3ccc(C)cc3cc2C(N)=O)CC1. The number of aryl methyl sites for hydroxylation is 1. The minimum Gasteiger partial charge on any atom is -0.365 e. The summed E-state index contributed by atoms with van der Waals surface area (Å²) in [5.41, 5.74) is 8.29. The lowest BCUT2D eigenvalue weighted by atomic mass is 9.96. The zero-order valence-corrected chi connectivity index (χ0v) is 18.4. The maximum atomic E-state index is 12.1. The van der Waals surface area contributed by atoms with Crippen LogP contribution in [0.1, 0.15) is 68.8 Å². The molecule has 0 saturated carbocycles. The van der Waals surface area contributed by atoms with E-state index in [1.807, 2.05) is 19.1 Å². The van der Waals surface area contributed by atoms with Crippen LogP contribution >= 0.6 is 0 Å². The minimum atomic E-state index is -0.406. The molecule has 0 radical (unpaired) electrons. The molecule has 1 aliphatic rings. The van der Waals surface area contributed by atoms with Gasteiger partial charge in [-0.3, -0.25) is 4.79 Å². The third-order valence-corrected chi connectivity index (χ3v) is 5.87. The highest BCUT2D eigenvalue weighted by Gasteiger charge is 2.25. The fourth-order valence-corrected chi connectivity index (χ4v) is 4.49. The van der Waals surface area contributed by atoms with E-state index in [-0.39, 0.29) is 0 Å². The number of carbonyl (C=O) groups excluding carboxylic acids is 1. The van der Waals surface area contributed by atoms with E-state index in [1.165, 1.54) is 19.3 Å². The van der Waals surface area contributed by atoms with Gasteiger partial charge in [-0.1, -0.05) is 38.8 Å². The molecule has 5 heteroatoms. The van der Waals surface area contributed by atoms with Gasteiger partial charge in [-0.15, -0.1) is 0 Å². The lowest BCUT2D eigenvalue weighted by Crippen LogP contribution is -2.47. The number of nitrogens with two attached hydrogens (primary N) is 1. The number of carbonyl (C=O) groups is 1. The summed E-state index contributed by atoms with van der Waals surface area (Å²) in [6, 6.07) is 9.16. The van der Waals surface area contributed by atoms with Crippen molar-refractivity contribution in [2.24, 2.45) is 11.7 Å². The maximum absolute atomic E-state index is 12.1. The lowest BCUT2D eigenvalue weighted by Gasteiger charge is -2.36. The normalized spacial score (nSPS) is 16.5. The highest BCUT2D eigenvalue weighted by molar-refractivity contribution is 6.01. The molecule has 0 spiro atoms. The van der Waals surface area contributed by atoms with E-state index in [2.05, 4.69) is 43.1 Å². The Balaban J connectivity index is 1.73. The maximum Gasteiger partial charge on any atom is 0.252 e. The summed E-state index contributed by atoms with van der Waals surface area (Å²) < 4.78 is 0. The number of nitrogens with one attached hydrogen (secondary N) is 1. The molecule has 1 aromatic heterocycles. The molecule has 1 aliphatic heterocycles. The number of aromatic nitrogens is 1. The van der Waals surface area contributed by atoms with Gasteiger partial charge in [0.25, 0.3) is 5.91 Å². The monoisotopic (exact) mass is 396 g/mol. The summed E-state index contributed by atoms with van der Waals surface area (Å²) in [6.45, 7) is 10.7. The van der Waals surface area contributed by atoms with Gasteiger partial charge >= 0.3 is 0 Å². The van der Waals surface area contributed by atoms with E-state index in [0.717, 1.165) is 48.2 Å². The number of nitrogens with zero attached hydrogens (tertiary/aromatic N) is 2. The predicted octanol–water partition coefficient (Wildman–Crippen LogP) is 4.42. The van der Waals surface area contributed by atoms with Gasteiger partial charge in [-0.25, -0.2) is 4.98 Å². The number of primary amides is 1. The van der Waals surface area contributed by atoms with Crippen LogP contribution in [-0.2, 0) is 0 Å². The number of fused-ring (bicyclic) bond motifs is 1. The third-order valence-electron chi connectivity index (χ3n) is 5.87. The average Bonchev–Trinajstić information content (AvgIpc) is 2.67. The molecule has 158 valence electrons. The Bertz CT molecular complexity index is 840. The highest BCUT2D eigenvalue weighted by atomic mass is 16.1. The molecule has 1 unspecified atom stereocenters. The summed E-state index contributed by atoms with van der Waals surface area (Å²) in [5, 5.41) is 4.86. The van der Waals surface area contributed by atoms with Crippen molar-refractivity contribution >= 4 is 22.6 Å². The molecule has 1 amide bonds. The van der Waals surface area contributed by atoms with E-state index in [4.69, 9.17) is 10.7 Å². The number of amides is 1. The zero-order chi connectivity index (χ0) is 21.0. The van der Waals surface area contributed by atoms with E-state index in [9.17, 15) is 4.79 Å². The molecule has 2 aromatic rings. The van der Waals surface area contributed by atoms with Crippen LogP contribution in [0.4, 0.5) is 5.82 Å². The van der Waals surface area contributed by atoms with Crippen molar-refractivity contribution in [3.63, 3.8) is 0 Å². The van der Waals surface area contributed by atoms with Crippen molar-refractivity contribution in [2.75, 3.05) is 18.0 Å². The fourth-order valence-electron chi connectivity index (χ4n) is 4.49. The first-order chi connectivity index (χ1) is 13.9. The molecule has 1 aromatic carbocycles. The topological polar surface area (TPSA) is 71.2 Å². The van der Waals surface area contributed by atoms with Gasteiger partial charge in [-0.05, 0) is 56.7 Å². The summed E-state index contributed by atoms with van der Waals surface area (Å²) in [6.07, 6.45) is 5.79. The van der Waals surface area contributed by atoms with E-state index < -0.39 is 5.91 Å². The number of hydrogen-bond donors (Lipinski definition) is 2. The molecule has 1 fully saturated rings. The summed E-state index contributed by atoms with van der Waals surface area (Å²) >= 11 is 0. The van der Waals surface area contributed by atoms with Crippen molar-refractivity contribution < 1.29 is 4.79 Å². The minimum absolute atomic E-state index is 0.406. The fraction of sp³-hybridized carbons (Fsp3) is 0.583. The third kappa shape index (κ3) is 5.47. The Kier molecular flexibility index (Phi) is 7.12. The van der Waals surface area contributed by atoms with Crippen LogP contribution in [-0.4, -0.2) is 36.1 Å². The smallest absolute Gasteiger partial charge is 0.252 e. The van der Waals surface area contributed by atoms with Gasteiger partial charge in [0.2, 0.25) is 0 Å². The number of piperidine rings is 1. The zero-order valence-electron chi connectivity index (χ0n) is 18.4. The molecular formula is C24H36N4O. The molecule has 0 bridgehead atoms. The van der Waals surface area contributed by atoms with Crippen LogP contribution in [0, 0.1) is 12.8 Å². The van der Waals surface area contributed by atoms with Crippen molar-refractivity contribution in [2.45, 2.75) is 71.9 Å². The highest BCUT2D eigenvalue weighted by Crippen LogP contribution is 2.27. The number of pyridine rings is 1. The molecule has 0 aliphatic carbocycles. The lowest BCUT2D eigenvalue weighted by molar-refractivity contribution is 0.100. The van der Waals surface area contributed by atoms with Gasteiger partial charge in [0.1, 0.15) is 5.82 Å². The van der Waals surface area contributed by atoms with E-state index >= 15 is 0 Å². The standard InChI is InChI=1S/C24H36N4O/c1-5-6-20(13-16(2)3)26-19-9-11-28(12-10-19)24-21(23(25)29)15-18-14-17(4)7-8-22(18)27-24/h7-8,14-16,19-20,26H,5-6,9-13H2,1-4H3,(H2,25,29). The molecule has 2 heterocycles. The Morgan fingerprint density at radius 2 is 2.00 bits per heavy atom. The van der Waals surface area contributed by atoms with E-state index in [0.29, 0.717) is 23.6 Å². The first-order valence-electron chi connectivity index (χ1n) is 11.1.